The molecule has 0 bridgehead atoms. The number of Topliss-reactive ketones (excluding diaryl/α,β-unsaturated/α-hetero) is 1. The lowest BCUT2D eigenvalue weighted by Gasteiger charge is -2.03. The molecule has 0 aliphatic heterocycles. The summed E-state index contributed by atoms with van der Waals surface area (Å²) in [6, 6.07) is 5.71. The molecule has 0 amide bonds. The summed E-state index contributed by atoms with van der Waals surface area (Å²) in [5.74, 6) is 0.836. The van der Waals surface area contributed by atoms with Crippen molar-refractivity contribution in [3.05, 3.63) is 33.8 Å². The summed E-state index contributed by atoms with van der Waals surface area (Å²) < 4.78 is 1.04. The lowest BCUT2D eigenvalue weighted by molar-refractivity contribution is 0.0980. The van der Waals surface area contributed by atoms with Gasteiger partial charge in [0.2, 0.25) is 0 Å². The number of halogens is 2. The summed E-state index contributed by atoms with van der Waals surface area (Å²) in [5, 5.41) is 0. The van der Waals surface area contributed by atoms with Crippen molar-refractivity contribution < 1.29 is 4.79 Å². The molecule has 0 radical (unpaired) electrons. The van der Waals surface area contributed by atoms with Gasteiger partial charge in [-0.3, -0.25) is 4.79 Å². The average molecular weight is 290 g/mol. The molecule has 0 aliphatic carbocycles. The van der Waals surface area contributed by atoms with Crippen LogP contribution in [0.3, 0.4) is 0 Å². The number of carbonyl (C=O) groups excluding carboxylic acids is 1. The van der Waals surface area contributed by atoms with Gasteiger partial charge in [0, 0.05) is 22.3 Å². The normalized spacial score (nSPS) is 10.3. The van der Waals surface area contributed by atoms with E-state index in [2.05, 4.69) is 15.9 Å². The molecular formula is C12H14BrClO. The Morgan fingerprint density at radius 3 is 2.73 bits per heavy atom. The van der Waals surface area contributed by atoms with Gasteiger partial charge in [-0.15, -0.1) is 11.6 Å². The third-order valence-corrected chi connectivity index (χ3v) is 3.42. The van der Waals surface area contributed by atoms with E-state index in [1.807, 2.05) is 25.1 Å². The van der Waals surface area contributed by atoms with Gasteiger partial charge in [-0.25, -0.2) is 0 Å². The minimum atomic E-state index is 0.204. The first-order valence-corrected chi connectivity index (χ1v) is 6.33. The van der Waals surface area contributed by atoms with E-state index < -0.39 is 0 Å². The minimum Gasteiger partial charge on any atom is -0.294 e. The third-order valence-electron chi connectivity index (χ3n) is 2.27. The molecule has 15 heavy (non-hydrogen) atoms. The van der Waals surface area contributed by atoms with Crippen LogP contribution in [0.25, 0.3) is 0 Å². The Kier molecular flexibility index (Phi) is 5.34. The van der Waals surface area contributed by atoms with Crippen molar-refractivity contribution in [1.82, 2.24) is 0 Å². The maximum atomic E-state index is 11.7. The summed E-state index contributed by atoms with van der Waals surface area (Å²) in [4.78, 5) is 11.7. The molecule has 0 aliphatic rings. The van der Waals surface area contributed by atoms with E-state index in [0.29, 0.717) is 12.3 Å². The van der Waals surface area contributed by atoms with Crippen LogP contribution >= 0.6 is 27.5 Å². The summed E-state index contributed by atoms with van der Waals surface area (Å²) in [6.45, 7) is 1.99. The summed E-state index contributed by atoms with van der Waals surface area (Å²) in [5.41, 5.74) is 1.89. The first-order valence-electron chi connectivity index (χ1n) is 5.00. The quantitative estimate of drug-likeness (QED) is 0.447. The smallest absolute Gasteiger partial charge is 0.162 e. The standard InChI is InChI=1S/C12H14BrClO/c1-9-8-10(5-6-11(9)13)12(15)4-2-3-7-14/h5-6,8H,2-4,7H2,1H3. The Bertz CT molecular complexity index is 349. The molecule has 1 aromatic carbocycles. The summed E-state index contributed by atoms with van der Waals surface area (Å²) in [6.07, 6.45) is 2.37. The highest BCUT2D eigenvalue weighted by Gasteiger charge is 2.06. The van der Waals surface area contributed by atoms with Gasteiger partial charge in [0.1, 0.15) is 0 Å². The Morgan fingerprint density at radius 1 is 1.40 bits per heavy atom. The molecule has 0 saturated heterocycles. The number of ketones is 1. The van der Waals surface area contributed by atoms with Crippen LogP contribution in [0, 0.1) is 6.92 Å². The van der Waals surface area contributed by atoms with Crippen LogP contribution in [0.15, 0.2) is 22.7 Å². The van der Waals surface area contributed by atoms with E-state index in [1.54, 1.807) is 0 Å². The SMILES string of the molecule is Cc1cc(C(=O)CCCCCl)ccc1Br. The molecule has 0 N–H and O–H groups in total. The number of aryl methyl sites for hydroxylation is 1. The van der Waals surface area contributed by atoms with Crippen LogP contribution in [0.5, 0.6) is 0 Å². The lowest BCUT2D eigenvalue weighted by Crippen LogP contribution is -1.99. The van der Waals surface area contributed by atoms with Crippen molar-refractivity contribution in [3.63, 3.8) is 0 Å². The van der Waals surface area contributed by atoms with E-state index in [-0.39, 0.29) is 5.78 Å². The van der Waals surface area contributed by atoms with Crippen molar-refractivity contribution in [2.24, 2.45) is 0 Å². The predicted octanol–water partition coefficient (Wildman–Crippen LogP) is 4.35. The second-order valence-corrected chi connectivity index (χ2v) is 4.77. The molecule has 0 atom stereocenters. The van der Waals surface area contributed by atoms with Gasteiger partial charge in [0.15, 0.2) is 5.78 Å². The van der Waals surface area contributed by atoms with Gasteiger partial charge in [-0.2, -0.15) is 0 Å². The number of unbranched alkanes of at least 4 members (excludes halogenated alkanes) is 1. The van der Waals surface area contributed by atoms with Crippen LogP contribution in [0.2, 0.25) is 0 Å². The molecule has 1 nitrogen and oxygen atoms in total. The molecule has 0 saturated carbocycles. The zero-order valence-electron chi connectivity index (χ0n) is 8.72. The predicted molar refractivity (Wildman–Crippen MR) is 67.8 cm³/mol. The Balaban J connectivity index is 2.62. The molecule has 3 heteroatoms. The number of alkyl halides is 1. The first kappa shape index (κ1) is 12.7. The van der Waals surface area contributed by atoms with E-state index in [0.717, 1.165) is 28.4 Å². The Hall–Kier alpha value is -0.340. The van der Waals surface area contributed by atoms with Crippen LogP contribution in [0.1, 0.15) is 35.2 Å². The van der Waals surface area contributed by atoms with Gasteiger partial charge in [-0.1, -0.05) is 22.0 Å². The van der Waals surface area contributed by atoms with Gasteiger partial charge in [0.25, 0.3) is 0 Å². The monoisotopic (exact) mass is 288 g/mol. The van der Waals surface area contributed by atoms with Gasteiger partial charge in [-0.05, 0) is 37.5 Å². The molecule has 0 spiro atoms. The molecule has 1 rings (SSSR count). The third kappa shape index (κ3) is 3.96. The summed E-state index contributed by atoms with van der Waals surface area (Å²) in [7, 11) is 0. The van der Waals surface area contributed by atoms with Crippen LogP contribution in [-0.4, -0.2) is 11.7 Å². The van der Waals surface area contributed by atoms with Crippen LogP contribution in [-0.2, 0) is 0 Å². The van der Waals surface area contributed by atoms with Gasteiger partial charge in [0.05, 0.1) is 0 Å². The number of benzene rings is 1. The second-order valence-electron chi connectivity index (χ2n) is 3.53. The molecule has 0 fully saturated rings. The van der Waals surface area contributed by atoms with E-state index in [1.165, 1.54) is 0 Å². The van der Waals surface area contributed by atoms with Crippen molar-refractivity contribution in [1.29, 1.82) is 0 Å². The zero-order chi connectivity index (χ0) is 11.3. The molecular weight excluding hydrogens is 275 g/mol. The zero-order valence-corrected chi connectivity index (χ0v) is 11.1. The van der Waals surface area contributed by atoms with Crippen molar-refractivity contribution in [3.8, 4) is 0 Å². The van der Waals surface area contributed by atoms with Crippen LogP contribution in [0.4, 0.5) is 0 Å². The molecule has 1 aromatic rings. The lowest BCUT2D eigenvalue weighted by atomic mass is 10.0. The van der Waals surface area contributed by atoms with E-state index >= 15 is 0 Å². The second kappa shape index (κ2) is 6.29. The Labute approximate surface area is 104 Å². The Morgan fingerprint density at radius 2 is 2.13 bits per heavy atom. The van der Waals surface area contributed by atoms with E-state index in [4.69, 9.17) is 11.6 Å². The minimum absolute atomic E-state index is 0.204. The topological polar surface area (TPSA) is 17.1 Å². The maximum Gasteiger partial charge on any atom is 0.162 e. The fourth-order valence-corrected chi connectivity index (χ4v) is 1.78. The number of rotatable bonds is 5. The largest absolute Gasteiger partial charge is 0.294 e. The highest BCUT2D eigenvalue weighted by Crippen LogP contribution is 2.18. The number of carbonyl (C=O) groups is 1. The van der Waals surface area contributed by atoms with Crippen molar-refractivity contribution in [2.75, 3.05) is 5.88 Å². The maximum absolute atomic E-state index is 11.7. The summed E-state index contributed by atoms with van der Waals surface area (Å²) >= 11 is 8.97. The van der Waals surface area contributed by atoms with E-state index in [9.17, 15) is 4.79 Å². The highest BCUT2D eigenvalue weighted by molar-refractivity contribution is 9.10. The number of hydrogen-bond acceptors (Lipinski definition) is 1. The van der Waals surface area contributed by atoms with Gasteiger partial charge >= 0.3 is 0 Å². The van der Waals surface area contributed by atoms with Crippen LogP contribution < -0.4 is 0 Å². The first-order chi connectivity index (χ1) is 7.15. The van der Waals surface area contributed by atoms with Gasteiger partial charge < -0.3 is 0 Å². The number of hydrogen-bond donors (Lipinski definition) is 0. The van der Waals surface area contributed by atoms with Crippen molar-refractivity contribution in [2.45, 2.75) is 26.2 Å². The molecule has 82 valence electrons. The fourth-order valence-electron chi connectivity index (χ4n) is 1.34. The highest BCUT2D eigenvalue weighted by atomic mass is 79.9. The fraction of sp³-hybridized carbons (Fsp3) is 0.417. The van der Waals surface area contributed by atoms with Crippen molar-refractivity contribution >= 4 is 33.3 Å². The molecule has 0 aromatic heterocycles. The molecule has 0 unspecified atom stereocenters. The average Bonchev–Trinajstić information content (AvgIpc) is 2.22. The molecule has 0 heterocycles.